The first-order chi connectivity index (χ1) is 4.79. The first-order valence-electron chi connectivity index (χ1n) is 4.08. The normalized spacial score (nSPS) is 32.4. The smallest absolute Gasteiger partial charge is 0.0586 e. The van der Waals surface area contributed by atoms with Gasteiger partial charge < -0.3 is 9.84 Å². The number of rotatable bonds is 0. The predicted molar refractivity (Wildman–Crippen MR) is 42.0 cm³/mol. The van der Waals surface area contributed by atoms with E-state index < -0.39 is 0 Å². The molecule has 1 aliphatic heterocycles. The fourth-order valence-corrected chi connectivity index (χ4v) is 0.974. The van der Waals surface area contributed by atoms with Crippen LogP contribution >= 0.6 is 0 Å². The summed E-state index contributed by atoms with van der Waals surface area (Å²) in [7, 11) is 0. The standard InChI is InChI=1S/C6H12O2.C2H6/c1-5-4-6(7)2-3-8-5;1-2/h5-7H,2-4H2,1H3;1-2H3. The second-order valence-corrected chi connectivity index (χ2v) is 2.36. The Hall–Kier alpha value is -0.0800. The quantitative estimate of drug-likeness (QED) is 0.562. The third kappa shape index (κ3) is 3.85. The molecule has 62 valence electrons. The summed E-state index contributed by atoms with van der Waals surface area (Å²) < 4.78 is 5.19. The van der Waals surface area contributed by atoms with E-state index in [0.29, 0.717) is 0 Å². The molecule has 10 heavy (non-hydrogen) atoms. The molecule has 1 heterocycles. The molecule has 2 nitrogen and oxygen atoms in total. The average Bonchev–Trinajstić information content (AvgIpc) is 1.91. The molecule has 0 aliphatic carbocycles. The van der Waals surface area contributed by atoms with Crippen molar-refractivity contribution in [1.82, 2.24) is 0 Å². The number of aliphatic hydroxyl groups is 1. The maximum atomic E-state index is 9.00. The van der Waals surface area contributed by atoms with Crippen LogP contribution in [0.3, 0.4) is 0 Å². The Morgan fingerprint density at radius 1 is 1.40 bits per heavy atom. The van der Waals surface area contributed by atoms with Gasteiger partial charge in [-0.25, -0.2) is 0 Å². The lowest BCUT2D eigenvalue weighted by atomic mass is 10.1. The van der Waals surface area contributed by atoms with E-state index in [4.69, 9.17) is 9.84 Å². The summed E-state index contributed by atoms with van der Waals surface area (Å²) in [6.45, 7) is 6.71. The summed E-state index contributed by atoms with van der Waals surface area (Å²) >= 11 is 0. The van der Waals surface area contributed by atoms with E-state index in [2.05, 4.69) is 0 Å². The van der Waals surface area contributed by atoms with E-state index in [1.807, 2.05) is 20.8 Å². The van der Waals surface area contributed by atoms with Gasteiger partial charge in [-0.15, -0.1) is 0 Å². The lowest BCUT2D eigenvalue weighted by Gasteiger charge is -2.22. The van der Waals surface area contributed by atoms with Gasteiger partial charge in [0.05, 0.1) is 12.2 Å². The van der Waals surface area contributed by atoms with Gasteiger partial charge in [-0.1, -0.05) is 13.8 Å². The highest BCUT2D eigenvalue weighted by molar-refractivity contribution is 4.65. The van der Waals surface area contributed by atoms with E-state index in [1.165, 1.54) is 0 Å². The van der Waals surface area contributed by atoms with Crippen molar-refractivity contribution in [2.24, 2.45) is 0 Å². The molecule has 0 aromatic rings. The van der Waals surface area contributed by atoms with Gasteiger partial charge >= 0.3 is 0 Å². The second kappa shape index (κ2) is 5.69. The summed E-state index contributed by atoms with van der Waals surface area (Å²) in [5, 5.41) is 9.00. The Bertz CT molecular complexity index is 65.7. The minimum Gasteiger partial charge on any atom is -0.393 e. The molecule has 0 aromatic carbocycles. The van der Waals surface area contributed by atoms with Crippen molar-refractivity contribution in [2.45, 2.75) is 45.8 Å². The van der Waals surface area contributed by atoms with E-state index in [1.54, 1.807) is 0 Å². The molecule has 0 amide bonds. The van der Waals surface area contributed by atoms with Gasteiger partial charge in [-0.3, -0.25) is 0 Å². The van der Waals surface area contributed by atoms with Crippen LogP contribution in [-0.4, -0.2) is 23.9 Å². The van der Waals surface area contributed by atoms with E-state index in [-0.39, 0.29) is 12.2 Å². The topological polar surface area (TPSA) is 29.5 Å². The molecule has 0 spiro atoms. The molecule has 0 aromatic heterocycles. The third-order valence-corrected chi connectivity index (χ3v) is 1.46. The summed E-state index contributed by atoms with van der Waals surface area (Å²) in [6, 6.07) is 0. The first-order valence-corrected chi connectivity index (χ1v) is 4.08. The Balaban J connectivity index is 0.000000371. The summed E-state index contributed by atoms with van der Waals surface area (Å²) in [5.74, 6) is 0. The summed E-state index contributed by atoms with van der Waals surface area (Å²) in [4.78, 5) is 0. The lowest BCUT2D eigenvalue weighted by molar-refractivity contribution is -0.0340. The maximum absolute atomic E-state index is 9.00. The molecule has 1 fully saturated rings. The number of aliphatic hydroxyl groups excluding tert-OH is 1. The van der Waals surface area contributed by atoms with Gasteiger partial charge in [0, 0.05) is 6.61 Å². The van der Waals surface area contributed by atoms with Crippen LogP contribution in [0.15, 0.2) is 0 Å². The molecule has 0 radical (unpaired) electrons. The highest BCUT2D eigenvalue weighted by atomic mass is 16.5. The lowest BCUT2D eigenvalue weighted by Crippen LogP contribution is -2.26. The zero-order valence-electron chi connectivity index (χ0n) is 7.13. The largest absolute Gasteiger partial charge is 0.393 e. The summed E-state index contributed by atoms with van der Waals surface area (Å²) in [6.07, 6.45) is 1.77. The van der Waals surface area contributed by atoms with Crippen molar-refractivity contribution in [3.8, 4) is 0 Å². The number of hydrogen-bond acceptors (Lipinski definition) is 2. The van der Waals surface area contributed by atoms with Crippen LogP contribution in [0.4, 0.5) is 0 Å². The molecular formula is C8H18O2. The predicted octanol–water partition coefficient (Wildman–Crippen LogP) is 1.57. The Kier molecular flexibility index (Phi) is 5.64. The number of hydrogen-bond donors (Lipinski definition) is 1. The molecule has 1 aliphatic rings. The molecular weight excluding hydrogens is 128 g/mol. The Labute approximate surface area is 63.2 Å². The van der Waals surface area contributed by atoms with Crippen LogP contribution < -0.4 is 0 Å². The van der Waals surface area contributed by atoms with Crippen LogP contribution in [0, 0.1) is 0 Å². The van der Waals surface area contributed by atoms with E-state index >= 15 is 0 Å². The zero-order valence-corrected chi connectivity index (χ0v) is 7.13. The van der Waals surface area contributed by atoms with Crippen LogP contribution in [0.5, 0.6) is 0 Å². The Morgan fingerprint density at radius 2 is 2.00 bits per heavy atom. The molecule has 1 saturated heterocycles. The average molecular weight is 146 g/mol. The molecule has 2 unspecified atom stereocenters. The highest BCUT2D eigenvalue weighted by Gasteiger charge is 2.15. The Morgan fingerprint density at radius 3 is 2.30 bits per heavy atom. The molecule has 2 heteroatoms. The highest BCUT2D eigenvalue weighted by Crippen LogP contribution is 2.11. The fourth-order valence-electron chi connectivity index (χ4n) is 0.974. The monoisotopic (exact) mass is 146 g/mol. The van der Waals surface area contributed by atoms with Crippen molar-refractivity contribution in [1.29, 1.82) is 0 Å². The van der Waals surface area contributed by atoms with Crippen LogP contribution in [0.25, 0.3) is 0 Å². The van der Waals surface area contributed by atoms with Crippen molar-refractivity contribution in [3.63, 3.8) is 0 Å². The maximum Gasteiger partial charge on any atom is 0.0586 e. The minimum absolute atomic E-state index is 0.112. The van der Waals surface area contributed by atoms with E-state index in [0.717, 1.165) is 19.4 Å². The first kappa shape index (κ1) is 9.92. The van der Waals surface area contributed by atoms with Gasteiger partial charge in [0.15, 0.2) is 0 Å². The van der Waals surface area contributed by atoms with Crippen molar-refractivity contribution < 1.29 is 9.84 Å². The van der Waals surface area contributed by atoms with Gasteiger partial charge in [0.2, 0.25) is 0 Å². The second-order valence-electron chi connectivity index (χ2n) is 2.36. The minimum atomic E-state index is -0.112. The number of ether oxygens (including phenoxy) is 1. The summed E-state index contributed by atoms with van der Waals surface area (Å²) in [5.41, 5.74) is 0. The molecule has 1 N–H and O–H groups in total. The fraction of sp³-hybridized carbons (Fsp3) is 1.00. The SMILES string of the molecule is CC.CC1CC(O)CCO1. The molecule has 0 bridgehead atoms. The van der Waals surface area contributed by atoms with Crippen LogP contribution in [-0.2, 0) is 4.74 Å². The zero-order chi connectivity index (χ0) is 7.98. The van der Waals surface area contributed by atoms with E-state index in [9.17, 15) is 0 Å². The van der Waals surface area contributed by atoms with Gasteiger partial charge in [0.1, 0.15) is 0 Å². The molecule has 0 saturated carbocycles. The van der Waals surface area contributed by atoms with Crippen LogP contribution in [0.1, 0.15) is 33.6 Å². The van der Waals surface area contributed by atoms with Gasteiger partial charge in [0.25, 0.3) is 0 Å². The van der Waals surface area contributed by atoms with Gasteiger partial charge in [-0.2, -0.15) is 0 Å². The third-order valence-electron chi connectivity index (χ3n) is 1.46. The molecule has 2 atom stereocenters. The van der Waals surface area contributed by atoms with Gasteiger partial charge in [-0.05, 0) is 19.8 Å². The van der Waals surface area contributed by atoms with Crippen molar-refractivity contribution >= 4 is 0 Å². The van der Waals surface area contributed by atoms with Crippen LogP contribution in [0.2, 0.25) is 0 Å². The van der Waals surface area contributed by atoms with Crippen molar-refractivity contribution in [2.75, 3.05) is 6.61 Å². The van der Waals surface area contributed by atoms with Crippen molar-refractivity contribution in [3.05, 3.63) is 0 Å². The molecule has 1 rings (SSSR count).